The predicted molar refractivity (Wildman–Crippen MR) is 57.8 cm³/mol. The fraction of sp³-hybridized carbons (Fsp3) is 0.667. The Morgan fingerprint density at radius 3 is 2.93 bits per heavy atom. The summed E-state index contributed by atoms with van der Waals surface area (Å²) in [5, 5.41) is 4.94. The van der Waals surface area contributed by atoms with Gasteiger partial charge < -0.3 is 10.2 Å². The Labute approximate surface area is 89.3 Å². The van der Waals surface area contributed by atoms with Crippen molar-refractivity contribution in [1.82, 2.24) is 15.3 Å². The summed E-state index contributed by atoms with van der Waals surface area (Å²) in [6, 6.07) is 0. The van der Waals surface area contributed by atoms with Crippen molar-refractivity contribution in [3.05, 3.63) is 11.9 Å². The van der Waals surface area contributed by atoms with Crippen molar-refractivity contribution in [2.24, 2.45) is 10.7 Å². The van der Waals surface area contributed by atoms with Gasteiger partial charge in [0.2, 0.25) is 0 Å². The third-order valence-electron chi connectivity index (χ3n) is 2.57. The van der Waals surface area contributed by atoms with Gasteiger partial charge in [-0.15, -0.1) is 0 Å². The number of hydrogen-bond donors (Lipinski definition) is 2. The number of aliphatic imine (C=N–C) groups is 1. The number of rotatable bonds is 2. The van der Waals surface area contributed by atoms with Crippen LogP contribution in [0.5, 0.6) is 0 Å². The van der Waals surface area contributed by atoms with E-state index in [1.807, 2.05) is 6.08 Å². The fourth-order valence-electron chi connectivity index (χ4n) is 1.81. The van der Waals surface area contributed by atoms with E-state index in [1.54, 1.807) is 18.4 Å². The Morgan fingerprint density at radius 2 is 2.27 bits per heavy atom. The molecule has 6 heteroatoms. The summed E-state index contributed by atoms with van der Waals surface area (Å²) in [5.74, 6) is 0.988. The van der Waals surface area contributed by atoms with Crippen LogP contribution in [0.15, 0.2) is 16.9 Å². The summed E-state index contributed by atoms with van der Waals surface area (Å²) in [5.41, 5.74) is 5.81. The zero-order valence-corrected chi connectivity index (χ0v) is 8.89. The van der Waals surface area contributed by atoms with Crippen LogP contribution in [0.25, 0.3) is 0 Å². The zero-order chi connectivity index (χ0) is 10.7. The van der Waals surface area contributed by atoms with E-state index in [0.717, 1.165) is 32.0 Å². The van der Waals surface area contributed by atoms with E-state index in [0.29, 0.717) is 0 Å². The number of hydrogen-bond acceptors (Lipinski definition) is 6. The number of piperazine rings is 1. The van der Waals surface area contributed by atoms with Crippen LogP contribution < -0.4 is 11.1 Å². The number of nitrogens with two attached hydrogens (primary N) is 1. The lowest BCUT2D eigenvalue weighted by Crippen LogP contribution is -2.51. The molecule has 0 radical (unpaired) electrons. The molecule has 2 aliphatic heterocycles. The summed E-state index contributed by atoms with van der Waals surface area (Å²) in [7, 11) is 1.61. The van der Waals surface area contributed by atoms with E-state index in [1.165, 1.54) is 0 Å². The Morgan fingerprint density at radius 1 is 1.53 bits per heavy atom. The number of nitrogens with one attached hydrogen (secondary N) is 1. The molecule has 1 fully saturated rings. The van der Waals surface area contributed by atoms with E-state index >= 15 is 0 Å². The van der Waals surface area contributed by atoms with E-state index in [9.17, 15) is 0 Å². The summed E-state index contributed by atoms with van der Waals surface area (Å²) in [4.78, 5) is 11.5. The van der Waals surface area contributed by atoms with Crippen LogP contribution >= 0.6 is 0 Å². The maximum atomic E-state index is 5.81. The normalized spacial score (nSPS) is 26.8. The van der Waals surface area contributed by atoms with Crippen molar-refractivity contribution in [2.75, 3.05) is 33.3 Å². The molecule has 0 aliphatic carbocycles. The van der Waals surface area contributed by atoms with E-state index in [2.05, 4.69) is 15.2 Å². The van der Waals surface area contributed by atoms with Gasteiger partial charge in [0.25, 0.3) is 0 Å². The smallest absolute Gasteiger partial charge is 0.198 e. The van der Waals surface area contributed by atoms with Gasteiger partial charge in [-0.1, -0.05) is 0 Å². The third kappa shape index (κ3) is 2.11. The second-order valence-corrected chi connectivity index (χ2v) is 3.48. The summed E-state index contributed by atoms with van der Waals surface area (Å²) >= 11 is 0. The molecule has 1 atom stereocenters. The van der Waals surface area contributed by atoms with Gasteiger partial charge >= 0.3 is 0 Å². The standard InChI is InChI=1S/C9H17N5O/c1-15-14-8(2-3-12-9(14)10)13-6-4-11-5-7-13/h2-3,9,11H,4-7,10H2,1H3. The Hall–Kier alpha value is -1.11. The second-order valence-electron chi connectivity index (χ2n) is 3.48. The summed E-state index contributed by atoms with van der Waals surface area (Å²) in [6.45, 7) is 3.90. The number of allylic oxidation sites excluding steroid dienone is 1. The molecule has 0 spiro atoms. The molecule has 2 heterocycles. The molecule has 0 aromatic rings. The van der Waals surface area contributed by atoms with Gasteiger partial charge in [-0.2, -0.15) is 5.06 Å². The average molecular weight is 211 g/mol. The lowest BCUT2D eigenvalue weighted by Gasteiger charge is -2.38. The molecule has 2 aliphatic rings. The van der Waals surface area contributed by atoms with Gasteiger partial charge in [0.15, 0.2) is 6.29 Å². The van der Waals surface area contributed by atoms with Crippen molar-refractivity contribution in [1.29, 1.82) is 0 Å². The predicted octanol–water partition coefficient (Wildman–Crippen LogP) is -1.08. The first-order valence-electron chi connectivity index (χ1n) is 5.11. The Kier molecular flexibility index (Phi) is 3.20. The molecule has 0 bridgehead atoms. The van der Waals surface area contributed by atoms with Crippen LogP contribution in [0.4, 0.5) is 0 Å². The maximum absolute atomic E-state index is 5.81. The molecule has 6 nitrogen and oxygen atoms in total. The summed E-state index contributed by atoms with van der Waals surface area (Å²) < 4.78 is 0. The highest BCUT2D eigenvalue weighted by molar-refractivity contribution is 5.72. The highest BCUT2D eigenvalue weighted by Crippen LogP contribution is 2.16. The Bertz CT molecular complexity index is 272. The van der Waals surface area contributed by atoms with Gasteiger partial charge in [0.1, 0.15) is 5.82 Å². The Balaban J connectivity index is 2.10. The molecule has 15 heavy (non-hydrogen) atoms. The SMILES string of the molecule is CON1C(N2CCNCC2)=CC=NC1N. The van der Waals surface area contributed by atoms with Gasteiger partial charge in [-0.25, -0.2) is 0 Å². The minimum Gasteiger partial charge on any atom is -0.354 e. The highest BCUT2D eigenvalue weighted by Gasteiger charge is 2.24. The number of hydroxylamine groups is 2. The summed E-state index contributed by atoms with van der Waals surface area (Å²) in [6.07, 6.45) is 3.22. The van der Waals surface area contributed by atoms with Crippen molar-refractivity contribution in [2.45, 2.75) is 6.29 Å². The van der Waals surface area contributed by atoms with Crippen LogP contribution in [0.1, 0.15) is 0 Å². The van der Waals surface area contributed by atoms with Crippen LogP contribution in [0.3, 0.4) is 0 Å². The topological polar surface area (TPSA) is 66.1 Å². The molecule has 2 rings (SSSR count). The van der Waals surface area contributed by atoms with Crippen LogP contribution in [0.2, 0.25) is 0 Å². The van der Waals surface area contributed by atoms with Gasteiger partial charge in [-0.3, -0.25) is 15.6 Å². The van der Waals surface area contributed by atoms with Crippen molar-refractivity contribution >= 4 is 6.21 Å². The molecule has 0 amide bonds. The highest BCUT2D eigenvalue weighted by atomic mass is 16.7. The van der Waals surface area contributed by atoms with Gasteiger partial charge in [0.05, 0.1) is 7.11 Å². The molecule has 0 saturated carbocycles. The average Bonchev–Trinajstić information content (AvgIpc) is 2.30. The molecule has 0 aromatic heterocycles. The van der Waals surface area contributed by atoms with Gasteiger partial charge in [-0.05, 0) is 6.08 Å². The van der Waals surface area contributed by atoms with Crippen molar-refractivity contribution in [3.8, 4) is 0 Å². The first-order chi connectivity index (χ1) is 7.33. The zero-order valence-electron chi connectivity index (χ0n) is 8.89. The second kappa shape index (κ2) is 4.61. The number of nitrogens with zero attached hydrogens (tertiary/aromatic N) is 3. The fourth-order valence-corrected chi connectivity index (χ4v) is 1.81. The lowest BCUT2D eigenvalue weighted by atomic mass is 10.3. The quantitative estimate of drug-likeness (QED) is 0.608. The molecular formula is C9H17N5O. The van der Waals surface area contributed by atoms with Crippen molar-refractivity contribution < 1.29 is 4.84 Å². The van der Waals surface area contributed by atoms with E-state index in [-0.39, 0.29) is 0 Å². The molecule has 1 saturated heterocycles. The first kappa shape index (κ1) is 10.4. The first-order valence-corrected chi connectivity index (χ1v) is 5.11. The lowest BCUT2D eigenvalue weighted by molar-refractivity contribution is -0.149. The third-order valence-corrected chi connectivity index (χ3v) is 2.57. The van der Waals surface area contributed by atoms with E-state index in [4.69, 9.17) is 10.6 Å². The van der Waals surface area contributed by atoms with E-state index < -0.39 is 6.29 Å². The minimum absolute atomic E-state index is 0.440. The molecule has 3 N–H and O–H groups in total. The van der Waals surface area contributed by atoms with Crippen molar-refractivity contribution in [3.63, 3.8) is 0 Å². The van der Waals surface area contributed by atoms with Gasteiger partial charge in [0, 0.05) is 32.4 Å². The molecule has 84 valence electrons. The minimum atomic E-state index is -0.440. The maximum Gasteiger partial charge on any atom is 0.198 e. The molecular weight excluding hydrogens is 194 g/mol. The van der Waals surface area contributed by atoms with Crippen LogP contribution in [-0.2, 0) is 4.84 Å². The molecule has 1 unspecified atom stereocenters. The van der Waals surface area contributed by atoms with Crippen LogP contribution in [-0.4, -0.2) is 55.8 Å². The monoisotopic (exact) mass is 211 g/mol. The molecule has 0 aromatic carbocycles. The largest absolute Gasteiger partial charge is 0.354 e. The van der Waals surface area contributed by atoms with Crippen LogP contribution in [0, 0.1) is 0 Å².